The fraction of sp³-hybridized carbons (Fsp3) is 0.583. The molecule has 0 amide bonds. The number of fused-ring (bicyclic) bond motifs is 1. The molecule has 2 heterocycles. The van der Waals surface area contributed by atoms with E-state index in [1.165, 1.54) is 19.1 Å². The quantitative estimate of drug-likeness (QED) is 0.332. The number of aliphatic hydroxyl groups is 4. The summed E-state index contributed by atoms with van der Waals surface area (Å²) in [6.07, 6.45) is -3.89. The Kier molecular flexibility index (Phi) is 7.62. The van der Waals surface area contributed by atoms with E-state index in [0.717, 1.165) is 25.7 Å². The zero-order valence-electron chi connectivity index (χ0n) is 19.5. The van der Waals surface area contributed by atoms with E-state index in [0.29, 0.717) is 11.3 Å². The summed E-state index contributed by atoms with van der Waals surface area (Å²) in [4.78, 5) is 24.3. The summed E-state index contributed by atoms with van der Waals surface area (Å²) in [7, 11) is 0. The van der Waals surface area contributed by atoms with Gasteiger partial charge in [-0.2, -0.15) is 0 Å². The Balaban J connectivity index is 1.66. The lowest BCUT2D eigenvalue weighted by Crippen LogP contribution is -2.60. The number of aliphatic hydroxyl groups excluding tert-OH is 4. The van der Waals surface area contributed by atoms with E-state index in [1.807, 2.05) is 0 Å². The van der Waals surface area contributed by atoms with Crippen LogP contribution in [0, 0.1) is 5.92 Å². The molecular weight excluding hydrogens is 464 g/mol. The van der Waals surface area contributed by atoms with Crippen LogP contribution in [0.4, 0.5) is 0 Å². The van der Waals surface area contributed by atoms with Gasteiger partial charge in [-0.3, -0.25) is 4.79 Å². The Hall–Kier alpha value is -2.70. The van der Waals surface area contributed by atoms with E-state index in [2.05, 4.69) is 6.92 Å². The first kappa shape index (κ1) is 25.4. The number of esters is 1. The summed E-state index contributed by atoms with van der Waals surface area (Å²) in [5.74, 6) is -0.219. The van der Waals surface area contributed by atoms with Gasteiger partial charge in [-0.25, -0.2) is 4.79 Å². The molecule has 1 saturated carbocycles. The van der Waals surface area contributed by atoms with Crippen molar-refractivity contribution in [3.63, 3.8) is 0 Å². The molecular formula is C24H30O11. The van der Waals surface area contributed by atoms with Crippen LogP contribution in [-0.2, 0) is 9.53 Å². The highest BCUT2D eigenvalue weighted by atomic mass is 16.7. The molecule has 0 bridgehead atoms. The summed E-state index contributed by atoms with van der Waals surface area (Å²) < 4.78 is 27.6. The second-order valence-electron chi connectivity index (χ2n) is 9.11. The molecule has 0 unspecified atom stereocenters. The molecule has 1 aromatic carbocycles. The lowest BCUT2D eigenvalue weighted by atomic mass is 9.89. The van der Waals surface area contributed by atoms with Gasteiger partial charge >= 0.3 is 11.6 Å². The lowest BCUT2D eigenvalue weighted by molar-refractivity contribution is -0.277. The molecule has 0 spiro atoms. The number of benzene rings is 1. The molecule has 11 heteroatoms. The average molecular weight is 494 g/mol. The zero-order chi connectivity index (χ0) is 25.3. The first-order valence-electron chi connectivity index (χ1n) is 11.6. The smallest absolute Gasteiger partial charge is 0.383 e. The number of hydrogen-bond acceptors (Lipinski definition) is 11. The van der Waals surface area contributed by atoms with Crippen molar-refractivity contribution in [2.75, 3.05) is 6.61 Å². The third-order valence-electron chi connectivity index (χ3n) is 6.39. The van der Waals surface area contributed by atoms with Crippen molar-refractivity contribution < 1.29 is 48.6 Å². The Morgan fingerprint density at radius 2 is 1.74 bits per heavy atom. The fourth-order valence-electron chi connectivity index (χ4n) is 4.37. The van der Waals surface area contributed by atoms with Crippen molar-refractivity contribution in [2.45, 2.75) is 76.3 Å². The van der Waals surface area contributed by atoms with Crippen LogP contribution in [0.2, 0.25) is 0 Å². The third-order valence-corrected chi connectivity index (χ3v) is 6.39. The summed E-state index contributed by atoms with van der Waals surface area (Å²) in [5.41, 5.74) is -0.830. The van der Waals surface area contributed by atoms with Gasteiger partial charge in [-0.15, -0.1) is 0 Å². The van der Waals surface area contributed by atoms with E-state index in [4.69, 9.17) is 23.4 Å². The highest BCUT2D eigenvalue weighted by Crippen LogP contribution is 2.38. The minimum Gasteiger partial charge on any atom is -0.485 e. The monoisotopic (exact) mass is 494 g/mol. The van der Waals surface area contributed by atoms with E-state index in [9.17, 15) is 30.0 Å². The first-order chi connectivity index (χ1) is 16.7. The molecule has 1 aliphatic carbocycles. The number of carbonyl (C=O) groups excluding carboxylic acids is 1. The number of ether oxygens (including phenoxy) is 4. The number of hydrogen-bond donors (Lipinski definition) is 4. The fourth-order valence-corrected chi connectivity index (χ4v) is 4.37. The molecule has 2 aliphatic rings. The van der Waals surface area contributed by atoms with Crippen LogP contribution in [0.25, 0.3) is 11.0 Å². The van der Waals surface area contributed by atoms with Gasteiger partial charge in [0.25, 0.3) is 5.75 Å². The standard InChI is InChI=1S/C24H30O11/c1-11-3-5-13(6-4-11)32-21-15-8-7-14(9-16(15)34-23(30)22(21)31-12(2)26)33-24-20(29)19(28)18(27)17(10-25)35-24/h7-9,11,13,17-20,24-25,27-29H,3-6,10H2,1-2H3/t11?,13?,17-,18-,19+,20+,24+/m1/s1. The number of rotatable bonds is 6. The van der Waals surface area contributed by atoms with Crippen molar-refractivity contribution >= 4 is 16.9 Å². The van der Waals surface area contributed by atoms with Gasteiger partial charge in [0.2, 0.25) is 6.29 Å². The molecule has 1 saturated heterocycles. The third kappa shape index (κ3) is 5.44. The highest BCUT2D eigenvalue weighted by Gasteiger charge is 2.44. The summed E-state index contributed by atoms with van der Waals surface area (Å²) >= 11 is 0. The Morgan fingerprint density at radius 1 is 1.03 bits per heavy atom. The van der Waals surface area contributed by atoms with Gasteiger partial charge in [-0.05, 0) is 43.7 Å². The predicted molar refractivity (Wildman–Crippen MR) is 120 cm³/mol. The Morgan fingerprint density at radius 3 is 2.40 bits per heavy atom. The zero-order valence-corrected chi connectivity index (χ0v) is 19.5. The van der Waals surface area contributed by atoms with Crippen LogP contribution >= 0.6 is 0 Å². The van der Waals surface area contributed by atoms with Crippen LogP contribution < -0.4 is 19.8 Å². The van der Waals surface area contributed by atoms with Crippen LogP contribution in [0.3, 0.4) is 0 Å². The summed E-state index contributed by atoms with van der Waals surface area (Å²) in [5, 5.41) is 39.9. The Labute approximate surface area is 200 Å². The van der Waals surface area contributed by atoms with Gasteiger partial charge in [0.1, 0.15) is 35.7 Å². The van der Waals surface area contributed by atoms with Crippen LogP contribution in [0.1, 0.15) is 39.5 Å². The molecule has 4 rings (SSSR count). The normalized spacial score (nSPS) is 31.2. The predicted octanol–water partition coefficient (Wildman–Crippen LogP) is 0.854. The molecule has 192 valence electrons. The molecule has 2 aromatic rings. The van der Waals surface area contributed by atoms with Gasteiger partial charge < -0.3 is 43.8 Å². The van der Waals surface area contributed by atoms with Gasteiger partial charge in [0.05, 0.1) is 18.1 Å². The first-order valence-corrected chi connectivity index (χ1v) is 11.6. The van der Waals surface area contributed by atoms with Crippen molar-refractivity contribution in [1.82, 2.24) is 0 Å². The minimum absolute atomic E-state index is 0.0761. The van der Waals surface area contributed by atoms with Gasteiger partial charge in [0, 0.05) is 13.0 Å². The van der Waals surface area contributed by atoms with E-state index >= 15 is 0 Å². The maximum atomic E-state index is 12.7. The van der Waals surface area contributed by atoms with Gasteiger partial charge in [-0.1, -0.05) is 6.92 Å². The molecule has 35 heavy (non-hydrogen) atoms. The maximum Gasteiger partial charge on any atom is 0.383 e. The molecule has 0 radical (unpaired) electrons. The summed E-state index contributed by atoms with van der Waals surface area (Å²) in [6.45, 7) is 2.74. The van der Waals surface area contributed by atoms with Crippen LogP contribution in [-0.4, -0.2) is 69.8 Å². The van der Waals surface area contributed by atoms with Crippen molar-refractivity contribution in [3.8, 4) is 17.2 Å². The number of carbonyl (C=O) groups is 1. The van der Waals surface area contributed by atoms with Crippen molar-refractivity contribution in [2.24, 2.45) is 5.92 Å². The SMILES string of the molecule is CC(=O)Oc1c(OC2CCC(C)CC2)c2ccc(O[C@H]3O[C@H](CO)[C@@H](O)[C@H](O)[C@@H]3O)cc2oc1=O. The molecule has 4 N–H and O–H groups in total. The average Bonchev–Trinajstić information content (AvgIpc) is 2.82. The minimum atomic E-state index is -1.60. The largest absolute Gasteiger partial charge is 0.485 e. The van der Waals surface area contributed by atoms with Crippen LogP contribution in [0.5, 0.6) is 17.2 Å². The second kappa shape index (κ2) is 10.5. The molecule has 1 aliphatic heterocycles. The lowest BCUT2D eigenvalue weighted by Gasteiger charge is -2.39. The second-order valence-corrected chi connectivity index (χ2v) is 9.11. The molecule has 1 aromatic heterocycles. The van der Waals surface area contributed by atoms with Crippen LogP contribution in [0.15, 0.2) is 27.4 Å². The topological polar surface area (TPSA) is 165 Å². The van der Waals surface area contributed by atoms with Gasteiger partial charge in [0.15, 0.2) is 5.75 Å². The van der Waals surface area contributed by atoms with Crippen molar-refractivity contribution in [3.05, 3.63) is 28.6 Å². The summed E-state index contributed by atoms with van der Waals surface area (Å²) in [6, 6.07) is 4.41. The van der Waals surface area contributed by atoms with E-state index in [1.54, 1.807) is 6.07 Å². The molecule has 11 nitrogen and oxygen atoms in total. The molecule has 2 fully saturated rings. The highest BCUT2D eigenvalue weighted by molar-refractivity contribution is 5.87. The van der Waals surface area contributed by atoms with E-state index < -0.39 is 48.9 Å². The maximum absolute atomic E-state index is 12.7. The molecule has 5 atom stereocenters. The Bertz CT molecular complexity index is 1100. The van der Waals surface area contributed by atoms with E-state index in [-0.39, 0.29) is 28.9 Å². The van der Waals surface area contributed by atoms with Crippen molar-refractivity contribution in [1.29, 1.82) is 0 Å².